The summed E-state index contributed by atoms with van der Waals surface area (Å²) < 4.78 is 5.24. The third kappa shape index (κ3) is 4.92. The highest BCUT2D eigenvalue weighted by Gasteiger charge is 2.17. The van der Waals surface area contributed by atoms with E-state index in [1.165, 1.54) is 4.90 Å². The Morgan fingerprint density at radius 1 is 1.10 bits per heavy atom. The number of fused-ring (bicyclic) bond motifs is 1. The minimum atomic E-state index is 0.0331. The quantitative estimate of drug-likeness (QED) is 0.314. The Bertz CT molecular complexity index is 1190. The van der Waals surface area contributed by atoms with Gasteiger partial charge in [0.05, 0.1) is 23.2 Å². The second-order valence-corrected chi connectivity index (χ2v) is 9.08. The zero-order valence-corrected chi connectivity index (χ0v) is 19.4. The molecule has 0 aliphatic carbocycles. The number of amides is 1. The van der Waals surface area contributed by atoms with Gasteiger partial charge in [0.15, 0.2) is 0 Å². The highest BCUT2D eigenvalue weighted by atomic mass is 32.2. The average molecular weight is 449 g/mol. The first-order valence-electron chi connectivity index (χ1n) is 9.97. The van der Waals surface area contributed by atoms with Crippen molar-refractivity contribution < 1.29 is 9.53 Å². The molecule has 0 radical (unpaired) electrons. The molecule has 2 aromatic heterocycles. The third-order valence-corrected chi connectivity index (χ3v) is 6.80. The van der Waals surface area contributed by atoms with E-state index in [1.807, 2.05) is 35.2 Å². The number of carbonyl (C=O) groups excluding carboxylic acids is 1. The van der Waals surface area contributed by atoms with E-state index in [1.54, 1.807) is 37.1 Å². The van der Waals surface area contributed by atoms with Crippen molar-refractivity contribution in [3.05, 3.63) is 77.2 Å². The van der Waals surface area contributed by atoms with Crippen molar-refractivity contribution in [2.24, 2.45) is 0 Å². The van der Waals surface area contributed by atoms with Gasteiger partial charge in [0.2, 0.25) is 5.91 Å². The molecule has 2 aromatic carbocycles. The molecule has 0 bridgehead atoms. The van der Waals surface area contributed by atoms with Crippen LogP contribution in [-0.2, 0) is 17.9 Å². The van der Waals surface area contributed by atoms with Crippen molar-refractivity contribution in [2.75, 3.05) is 13.4 Å². The van der Waals surface area contributed by atoms with Gasteiger partial charge < -0.3 is 9.64 Å². The molecule has 2 heterocycles. The first-order chi connectivity index (χ1) is 15.1. The summed E-state index contributed by atoms with van der Waals surface area (Å²) in [4.78, 5) is 21.7. The van der Waals surface area contributed by atoms with Crippen molar-refractivity contribution in [3.8, 4) is 16.3 Å². The van der Waals surface area contributed by atoms with Crippen LogP contribution in [0.5, 0.6) is 5.75 Å². The van der Waals surface area contributed by atoms with E-state index in [4.69, 9.17) is 9.72 Å². The van der Waals surface area contributed by atoms with Gasteiger partial charge in [-0.3, -0.25) is 4.79 Å². The van der Waals surface area contributed by atoms with Crippen molar-refractivity contribution in [3.63, 3.8) is 0 Å². The molecular formula is C25H24N2O2S2. The number of benzene rings is 2. The summed E-state index contributed by atoms with van der Waals surface area (Å²) in [5, 5.41) is 3.14. The zero-order chi connectivity index (χ0) is 21.8. The fourth-order valence-electron chi connectivity index (χ4n) is 3.50. The van der Waals surface area contributed by atoms with E-state index in [2.05, 4.69) is 42.0 Å². The van der Waals surface area contributed by atoms with Gasteiger partial charge in [-0.1, -0.05) is 24.3 Å². The highest BCUT2D eigenvalue weighted by molar-refractivity contribution is 7.98. The van der Waals surface area contributed by atoms with E-state index < -0.39 is 0 Å². The maximum atomic E-state index is 12.5. The highest BCUT2D eigenvalue weighted by Crippen LogP contribution is 2.31. The van der Waals surface area contributed by atoms with Gasteiger partial charge in [0.25, 0.3) is 0 Å². The van der Waals surface area contributed by atoms with Gasteiger partial charge in [0, 0.05) is 30.3 Å². The second kappa shape index (κ2) is 9.54. The van der Waals surface area contributed by atoms with Crippen molar-refractivity contribution in [2.45, 2.75) is 24.9 Å². The van der Waals surface area contributed by atoms with Crippen LogP contribution in [-0.4, -0.2) is 29.2 Å². The molecule has 4 aromatic rings. The maximum absolute atomic E-state index is 12.5. The molecule has 0 fully saturated rings. The number of thiophene rings is 1. The van der Waals surface area contributed by atoms with Crippen molar-refractivity contribution >= 4 is 39.9 Å². The number of methoxy groups -OCH3 is 1. The van der Waals surface area contributed by atoms with Crippen LogP contribution in [0.15, 0.2) is 70.9 Å². The summed E-state index contributed by atoms with van der Waals surface area (Å²) in [6.45, 7) is 2.65. The standard InChI is InChI=1S/C25H24N2O2S2/c1-17(28)27(15-18-6-9-21(29-2)10-7-18)16-20-13-19-8-11-22(30-3)14-23(19)26-25(20)24-5-4-12-31-24/h4-14H,15-16H2,1-3H3. The Balaban J connectivity index is 1.71. The number of rotatable bonds is 7. The Hall–Kier alpha value is -2.83. The predicted octanol–water partition coefficient (Wildman–Crippen LogP) is 6.24. The molecule has 0 N–H and O–H groups in total. The Kier molecular flexibility index (Phi) is 6.59. The second-order valence-electron chi connectivity index (χ2n) is 7.26. The van der Waals surface area contributed by atoms with Crippen LogP contribution < -0.4 is 4.74 Å². The Labute approximate surface area is 190 Å². The summed E-state index contributed by atoms with van der Waals surface area (Å²) in [6.07, 6.45) is 2.07. The molecule has 158 valence electrons. The number of ether oxygens (including phenoxy) is 1. The van der Waals surface area contributed by atoms with Crippen LogP contribution in [0.25, 0.3) is 21.5 Å². The normalized spacial score (nSPS) is 10.9. The molecule has 0 saturated heterocycles. The van der Waals surface area contributed by atoms with E-state index in [0.29, 0.717) is 13.1 Å². The predicted molar refractivity (Wildman–Crippen MR) is 130 cm³/mol. The fourth-order valence-corrected chi connectivity index (χ4v) is 4.68. The van der Waals surface area contributed by atoms with Gasteiger partial charge in [-0.05, 0) is 59.2 Å². The number of hydrogen-bond donors (Lipinski definition) is 0. The van der Waals surface area contributed by atoms with E-state index >= 15 is 0 Å². The first kappa shape index (κ1) is 21.4. The number of thioether (sulfide) groups is 1. The van der Waals surface area contributed by atoms with E-state index in [0.717, 1.165) is 38.4 Å². The van der Waals surface area contributed by atoms with Crippen LogP contribution in [0.3, 0.4) is 0 Å². The minimum Gasteiger partial charge on any atom is -0.497 e. The van der Waals surface area contributed by atoms with Crippen molar-refractivity contribution in [1.29, 1.82) is 0 Å². The molecule has 31 heavy (non-hydrogen) atoms. The van der Waals surface area contributed by atoms with Crippen LogP contribution in [0.1, 0.15) is 18.1 Å². The molecule has 0 aliphatic heterocycles. The van der Waals surface area contributed by atoms with Gasteiger partial charge in [-0.25, -0.2) is 4.98 Å². The van der Waals surface area contributed by atoms with Gasteiger partial charge >= 0.3 is 0 Å². The van der Waals surface area contributed by atoms with Crippen LogP contribution >= 0.6 is 23.1 Å². The molecule has 0 aliphatic rings. The van der Waals surface area contributed by atoms with Crippen LogP contribution in [0.4, 0.5) is 0 Å². The monoisotopic (exact) mass is 448 g/mol. The van der Waals surface area contributed by atoms with E-state index in [-0.39, 0.29) is 5.91 Å². The summed E-state index contributed by atoms with van der Waals surface area (Å²) in [7, 11) is 1.65. The minimum absolute atomic E-state index is 0.0331. The molecular weight excluding hydrogens is 424 g/mol. The smallest absolute Gasteiger partial charge is 0.220 e. The lowest BCUT2D eigenvalue weighted by Crippen LogP contribution is -2.28. The number of aromatic nitrogens is 1. The molecule has 4 nitrogen and oxygen atoms in total. The number of carbonyl (C=O) groups is 1. The summed E-state index contributed by atoms with van der Waals surface area (Å²) in [5.74, 6) is 0.840. The average Bonchev–Trinajstić information content (AvgIpc) is 3.33. The lowest BCUT2D eigenvalue weighted by atomic mass is 10.1. The van der Waals surface area contributed by atoms with Gasteiger partial charge in [-0.2, -0.15) is 0 Å². The molecule has 1 amide bonds. The first-order valence-corrected chi connectivity index (χ1v) is 12.1. The number of hydrogen-bond acceptors (Lipinski definition) is 5. The Morgan fingerprint density at radius 2 is 1.90 bits per heavy atom. The molecule has 0 unspecified atom stereocenters. The van der Waals surface area contributed by atoms with E-state index in [9.17, 15) is 4.79 Å². The summed E-state index contributed by atoms with van der Waals surface area (Å²) in [5.41, 5.74) is 4.04. The summed E-state index contributed by atoms with van der Waals surface area (Å²) >= 11 is 3.38. The fraction of sp³-hybridized carbons (Fsp3) is 0.200. The molecule has 0 atom stereocenters. The Morgan fingerprint density at radius 3 is 2.55 bits per heavy atom. The SMILES string of the molecule is COc1ccc(CN(Cc2cc3ccc(SC)cc3nc2-c2cccs2)C(C)=O)cc1. The van der Waals surface area contributed by atoms with Gasteiger partial charge in [0.1, 0.15) is 5.75 Å². The lowest BCUT2D eigenvalue weighted by molar-refractivity contribution is -0.130. The van der Waals surface area contributed by atoms with Crippen LogP contribution in [0, 0.1) is 0 Å². The summed E-state index contributed by atoms with van der Waals surface area (Å²) in [6, 6.07) is 20.5. The molecule has 6 heteroatoms. The topological polar surface area (TPSA) is 42.4 Å². The zero-order valence-electron chi connectivity index (χ0n) is 17.8. The molecule has 0 saturated carbocycles. The largest absolute Gasteiger partial charge is 0.497 e. The lowest BCUT2D eigenvalue weighted by Gasteiger charge is -2.23. The van der Waals surface area contributed by atoms with Crippen molar-refractivity contribution in [1.82, 2.24) is 9.88 Å². The molecule has 4 rings (SSSR count). The van der Waals surface area contributed by atoms with Crippen LogP contribution in [0.2, 0.25) is 0 Å². The third-order valence-electron chi connectivity index (χ3n) is 5.20. The number of nitrogens with zero attached hydrogens (tertiary/aromatic N) is 2. The number of pyridine rings is 1. The van der Waals surface area contributed by atoms with Gasteiger partial charge in [-0.15, -0.1) is 23.1 Å². The molecule has 0 spiro atoms. The maximum Gasteiger partial charge on any atom is 0.220 e.